The van der Waals surface area contributed by atoms with Gasteiger partial charge in [0, 0.05) is 17.3 Å². The van der Waals surface area contributed by atoms with Gasteiger partial charge in [-0.05, 0) is 44.7 Å². The number of hydroxylamine groups is 2. The topological polar surface area (TPSA) is 29.5 Å². The van der Waals surface area contributed by atoms with Crippen molar-refractivity contribution in [3.05, 3.63) is 77.5 Å². The molecule has 29 heavy (non-hydrogen) atoms. The van der Waals surface area contributed by atoms with E-state index in [0.29, 0.717) is 25.1 Å². The molecule has 0 radical (unpaired) electrons. The van der Waals surface area contributed by atoms with Crippen molar-refractivity contribution in [2.75, 3.05) is 6.54 Å². The molecule has 0 aromatic heterocycles. The van der Waals surface area contributed by atoms with E-state index < -0.39 is 17.7 Å². The number of carbonyl (C=O) groups excluding carboxylic acids is 1. The van der Waals surface area contributed by atoms with E-state index in [1.165, 1.54) is 0 Å². The Kier molecular flexibility index (Phi) is 5.10. The first kappa shape index (κ1) is 19.9. The van der Waals surface area contributed by atoms with Gasteiger partial charge in [0.05, 0.1) is 12.1 Å². The lowest BCUT2D eigenvalue weighted by molar-refractivity contribution is -0.201. The maximum atomic E-state index is 15.3. The molecule has 4 heteroatoms. The van der Waals surface area contributed by atoms with Crippen molar-refractivity contribution in [3.8, 4) is 0 Å². The number of fused-ring (bicyclic) bond motifs is 1. The molecule has 1 heterocycles. The first-order chi connectivity index (χ1) is 13.9. The smallest absolute Gasteiger partial charge is 0.148 e. The lowest BCUT2D eigenvalue weighted by atomic mass is 9.56. The fourth-order valence-corrected chi connectivity index (χ4v) is 5.25. The average molecular weight is 394 g/mol. The molecule has 152 valence electrons. The molecule has 3 nitrogen and oxygen atoms in total. The third-order valence-corrected chi connectivity index (χ3v) is 6.28. The molecular weight excluding hydrogens is 365 g/mol. The van der Waals surface area contributed by atoms with Crippen LogP contribution in [0.4, 0.5) is 4.39 Å². The largest absolute Gasteiger partial charge is 0.267 e. The molecule has 2 aromatic rings. The molecule has 2 aliphatic rings. The van der Waals surface area contributed by atoms with Crippen molar-refractivity contribution < 1.29 is 14.0 Å². The second-order valence-corrected chi connectivity index (χ2v) is 9.14. The van der Waals surface area contributed by atoms with E-state index in [2.05, 4.69) is 24.3 Å². The van der Waals surface area contributed by atoms with Crippen LogP contribution in [-0.2, 0) is 15.0 Å². The van der Waals surface area contributed by atoms with Gasteiger partial charge in [0.15, 0.2) is 0 Å². The van der Waals surface area contributed by atoms with Gasteiger partial charge in [-0.1, -0.05) is 60.7 Å². The second-order valence-electron chi connectivity index (χ2n) is 9.14. The van der Waals surface area contributed by atoms with Crippen LogP contribution in [0.25, 0.3) is 0 Å². The third kappa shape index (κ3) is 3.41. The highest BCUT2D eigenvalue weighted by Crippen LogP contribution is 2.56. The SMILES string of the molecule is CC(C)(C)ON1C[C@@H]2[C@H](C1=C=O)[C@@H](F)CCC2(c1ccccc1)c1ccccc1. The zero-order valence-corrected chi connectivity index (χ0v) is 17.3. The molecule has 0 amide bonds. The summed E-state index contributed by atoms with van der Waals surface area (Å²) in [5.41, 5.74) is 1.78. The van der Waals surface area contributed by atoms with Gasteiger partial charge in [-0.25, -0.2) is 14.2 Å². The first-order valence-corrected chi connectivity index (χ1v) is 10.3. The molecule has 4 rings (SSSR count). The minimum absolute atomic E-state index is 0.116. The summed E-state index contributed by atoms with van der Waals surface area (Å²) in [5.74, 6) is 1.39. The Morgan fingerprint density at radius 1 is 1.03 bits per heavy atom. The van der Waals surface area contributed by atoms with Gasteiger partial charge in [0.1, 0.15) is 17.8 Å². The van der Waals surface area contributed by atoms with E-state index in [1.54, 1.807) is 5.06 Å². The summed E-state index contributed by atoms with van der Waals surface area (Å²) < 4.78 is 15.3. The maximum absolute atomic E-state index is 15.3. The number of hydrogen-bond acceptors (Lipinski definition) is 3. The molecular formula is C25H28FNO2. The first-order valence-electron chi connectivity index (χ1n) is 10.3. The van der Waals surface area contributed by atoms with Crippen molar-refractivity contribution in [3.63, 3.8) is 0 Å². The molecule has 0 unspecified atom stereocenters. The Morgan fingerprint density at radius 3 is 2.07 bits per heavy atom. The van der Waals surface area contributed by atoms with Crippen molar-refractivity contribution in [1.82, 2.24) is 5.06 Å². The van der Waals surface area contributed by atoms with Crippen LogP contribution in [0.15, 0.2) is 66.4 Å². The van der Waals surface area contributed by atoms with Crippen LogP contribution < -0.4 is 0 Å². The van der Waals surface area contributed by atoms with Gasteiger partial charge < -0.3 is 0 Å². The number of halogens is 1. The van der Waals surface area contributed by atoms with E-state index in [4.69, 9.17) is 4.84 Å². The Bertz CT molecular complexity index is 860. The zero-order valence-electron chi connectivity index (χ0n) is 17.3. The van der Waals surface area contributed by atoms with Gasteiger partial charge in [0.2, 0.25) is 0 Å². The molecule has 0 bridgehead atoms. The fraction of sp³-hybridized carbons (Fsp3) is 0.440. The molecule has 1 aliphatic carbocycles. The molecule has 1 aliphatic heterocycles. The van der Waals surface area contributed by atoms with Crippen molar-refractivity contribution in [1.29, 1.82) is 0 Å². The van der Waals surface area contributed by atoms with Crippen LogP contribution in [-0.4, -0.2) is 29.3 Å². The standard InChI is InChI=1S/C25H28FNO2/c1-24(2,3)29-27-16-20-23(22(27)17-28)21(26)14-15-25(20,18-10-6-4-7-11-18)19-12-8-5-9-13-19/h4-13,20-21,23H,14-16H2,1-3H3/t20-,21+,23+/m1/s1. The van der Waals surface area contributed by atoms with Gasteiger partial charge in [-0.15, -0.1) is 0 Å². The maximum Gasteiger partial charge on any atom is 0.148 e. The highest BCUT2D eigenvalue weighted by molar-refractivity contribution is 5.56. The Balaban J connectivity index is 1.88. The van der Waals surface area contributed by atoms with Crippen LogP contribution >= 0.6 is 0 Å². The van der Waals surface area contributed by atoms with Gasteiger partial charge >= 0.3 is 0 Å². The summed E-state index contributed by atoms with van der Waals surface area (Å²) in [4.78, 5) is 18.0. The molecule has 0 N–H and O–H groups in total. The summed E-state index contributed by atoms with van der Waals surface area (Å²) >= 11 is 0. The monoisotopic (exact) mass is 393 g/mol. The summed E-state index contributed by atoms with van der Waals surface area (Å²) in [6.07, 6.45) is 0.0174. The molecule has 2 aromatic carbocycles. The molecule has 2 fully saturated rings. The van der Waals surface area contributed by atoms with Crippen LogP contribution in [0, 0.1) is 11.8 Å². The Hall–Kier alpha value is -2.42. The number of nitrogens with zero attached hydrogens (tertiary/aromatic N) is 1. The summed E-state index contributed by atoms with van der Waals surface area (Å²) in [6.45, 7) is 6.28. The third-order valence-electron chi connectivity index (χ3n) is 6.28. The molecule has 1 saturated carbocycles. The van der Waals surface area contributed by atoms with Crippen LogP contribution in [0.5, 0.6) is 0 Å². The normalized spacial score (nSPS) is 26.1. The van der Waals surface area contributed by atoms with Crippen LogP contribution in [0.1, 0.15) is 44.7 Å². The Labute approximate surface area is 172 Å². The fourth-order valence-electron chi connectivity index (χ4n) is 5.25. The van der Waals surface area contributed by atoms with Gasteiger partial charge in [-0.3, -0.25) is 4.84 Å². The molecule has 1 saturated heterocycles. The molecule has 3 atom stereocenters. The van der Waals surface area contributed by atoms with Crippen LogP contribution in [0.2, 0.25) is 0 Å². The number of benzene rings is 2. The minimum Gasteiger partial charge on any atom is -0.267 e. The second kappa shape index (κ2) is 7.44. The number of hydrogen-bond donors (Lipinski definition) is 0. The van der Waals surface area contributed by atoms with E-state index in [-0.39, 0.29) is 11.3 Å². The predicted molar refractivity (Wildman–Crippen MR) is 112 cm³/mol. The quantitative estimate of drug-likeness (QED) is 0.680. The van der Waals surface area contributed by atoms with E-state index >= 15 is 4.39 Å². The van der Waals surface area contributed by atoms with Gasteiger partial charge in [-0.2, -0.15) is 0 Å². The van der Waals surface area contributed by atoms with Gasteiger partial charge in [0.25, 0.3) is 0 Å². The highest BCUT2D eigenvalue weighted by atomic mass is 19.1. The van der Waals surface area contributed by atoms with Crippen molar-refractivity contribution in [2.24, 2.45) is 11.8 Å². The Morgan fingerprint density at radius 2 is 1.59 bits per heavy atom. The lowest BCUT2D eigenvalue weighted by Crippen LogP contribution is -2.47. The van der Waals surface area contributed by atoms with E-state index in [1.807, 2.05) is 63.1 Å². The summed E-state index contributed by atoms with van der Waals surface area (Å²) in [5, 5.41) is 1.61. The van der Waals surface area contributed by atoms with Crippen LogP contribution in [0.3, 0.4) is 0 Å². The van der Waals surface area contributed by atoms with Crippen molar-refractivity contribution >= 4 is 5.94 Å². The highest BCUT2D eigenvalue weighted by Gasteiger charge is 2.58. The number of allylic oxidation sites excluding steroid dienone is 1. The van der Waals surface area contributed by atoms with Crippen molar-refractivity contribution in [2.45, 2.75) is 50.8 Å². The lowest BCUT2D eigenvalue weighted by Gasteiger charge is -2.47. The summed E-state index contributed by atoms with van der Waals surface area (Å²) in [7, 11) is 0. The predicted octanol–water partition coefficient (Wildman–Crippen LogP) is 5.10. The number of alkyl halides is 1. The average Bonchev–Trinajstić information content (AvgIpc) is 3.07. The van der Waals surface area contributed by atoms with E-state index in [9.17, 15) is 4.79 Å². The molecule has 0 spiro atoms. The summed E-state index contributed by atoms with van der Waals surface area (Å²) in [6, 6.07) is 20.6. The van der Waals surface area contributed by atoms with E-state index in [0.717, 1.165) is 11.1 Å². The number of rotatable bonds is 3. The minimum atomic E-state index is -1.08. The zero-order chi connectivity index (χ0) is 20.6.